The first-order valence-electron chi connectivity index (χ1n) is 7.95. The van der Waals surface area contributed by atoms with Crippen molar-refractivity contribution in [3.63, 3.8) is 0 Å². The molecule has 0 N–H and O–H groups in total. The fourth-order valence-corrected chi connectivity index (χ4v) is 4.57. The van der Waals surface area contributed by atoms with Crippen LogP contribution in [-0.4, -0.2) is 79.6 Å². The third-order valence-corrected chi connectivity index (χ3v) is 6.55. The standard InChI is InChI=1S/C14H24N4O4S/c1-12-14(13(2)22-15-12)11-16-3-5-17(6-4-16)23(19,20)18-7-9-21-10-8-18/h3-11H2,1-2H3. The van der Waals surface area contributed by atoms with Gasteiger partial charge in [-0.2, -0.15) is 17.0 Å². The molecular weight excluding hydrogens is 320 g/mol. The Morgan fingerprint density at radius 1 is 1.00 bits per heavy atom. The summed E-state index contributed by atoms with van der Waals surface area (Å²) in [5.74, 6) is 0.839. The van der Waals surface area contributed by atoms with Gasteiger partial charge in [0.15, 0.2) is 0 Å². The molecule has 2 fully saturated rings. The van der Waals surface area contributed by atoms with E-state index >= 15 is 0 Å². The summed E-state index contributed by atoms with van der Waals surface area (Å²) in [5, 5.41) is 3.97. The van der Waals surface area contributed by atoms with Crippen molar-refractivity contribution < 1.29 is 17.7 Å². The highest BCUT2D eigenvalue weighted by molar-refractivity contribution is 7.86. The normalized spacial score (nSPS) is 22.5. The lowest BCUT2D eigenvalue weighted by Gasteiger charge is -2.37. The highest BCUT2D eigenvalue weighted by Gasteiger charge is 2.33. The molecule has 0 atom stereocenters. The summed E-state index contributed by atoms with van der Waals surface area (Å²) in [6.07, 6.45) is 0. The Morgan fingerprint density at radius 2 is 1.61 bits per heavy atom. The predicted octanol–water partition coefficient (Wildman–Crippen LogP) is -0.0140. The van der Waals surface area contributed by atoms with Gasteiger partial charge in [-0.25, -0.2) is 0 Å². The molecule has 0 spiro atoms. The second-order valence-corrected chi connectivity index (χ2v) is 7.93. The van der Waals surface area contributed by atoms with E-state index in [4.69, 9.17) is 9.26 Å². The summed E-state index contributed by atoms with van der Waals surface area (Å²) in [5.41, 5.74) is 2.01. The lowest BCUT2D eigenvalue weighted by molar-refractivity contribution is 0.0684. The van der Waals surface area contributed by atoms with Gasteiger partial charge in [0.1, 0.15) is 5.76 Å². The molecule has 0 aromatic carbocycles. The fraction of sp³-hybridized carbons (Fsp3) is 0.786. The minimum absolute atomic E-state index is 0.446. The van der Waals surface area contributed by atoms with Crippen molar-refractivity contribution in [1.29, 1.82) is 0 Å². The summed E-state index contributed by atoms with van der Waals surface area (Å²) in [4.78, 5) is 2.25. The van der Waals surface area contributed by atoms with Crippen LogP contribution < -0.4 is 0 Å². The fourth-order valence-electron chi connectivity index (χ4n) is 3.01. The number of ether oxygens (including phenoxy) is 1. The number of aryl methyl sites for hydroxylation is 2. The van der Waals surface area contributed by atoms with Crippen LogP contribution in [0.4, 0.5) is 0 Å². The third-order valence-electron chi connectivity index (χ3n) is 4.52. The molecule has 2 saturated heterocycles. The minimum Gasteiger partial charge on any atom is -0.379 e. The first-order chi connectivity index (χ1) is 11.0. The molecule has 0 radical (unpaired) electrons. The number of nitrogens with zero attached hydrogens (tertiary/aromatic N) is 4. The molecule has 1 aromatic heterocycles. The lowest BCUT2D eigenvalue weighted by atomic mass is 10.2. The molecule has 3 heterocycles. The van der Waals surface area contributed by atoms with Gasteiger partial charge in [-0.05, 0) is 13.8 Å². The molecule has 3 rings (SSSR count). The lowest BCUT2D eigenvalue weighted by Crippen LogP contribution is -2.54. The number of hydrogen-bond donors (Lipinski definition) is 0. The number of morpholine rings is 1. The SMILES string of the molecule is Cc1noc(C)c1CN1CCN(S(=O)(=O)N2CCOCC2)CC1. The van der Waals surface area contributed by atoms with E-state index in [1.165, 1.54) is 4.31 Å². The molecule has 0 unspecified atom stereocenters. The first kappa shape index (κ1) is 16.8. The van der Waals surface area contributed by atoms with Gasteiger partial charge >= 0.3 is 0 Å². The number of hydrogen-bond acceptors (Lipinski definition) is 6. The molecule has 130 valence electrons. The molecule has 2 aliphatic heterocycles. The second kappa shape index (κ2) is 6.86. The molecule has 8 nitrogen and oxygen atoms in total. The van der Waals surface area contributed by atoms with E-state index in [0.29, 0.717) is 52.5 Å². The maximum absolute atomic E-state index is 12.6. The number of rotatable bonds is 4. The zero-order valence-electron chi connectivity index (χ0n) is 13.7. The van der Waals surface area contributed by atoms with Crippen molar-refractivity contribution >= 4 is 10.2 Å². The zero-order chi connectivity index (χ0) is 16.4. The summed E-state index contributed by atoms with van der Waals surface area (Å²) in [6.45, 7) is 8.92. The van der Waals surface area contributed by atoms with Gasteiger partial charge in [0.25, 0.3) is 10.2 Å². The van der Waals surface area contributed by atoms with Gasteiger partial charge in [0.2, 0.25) is 0 Å². The average molecular weight is 344 g/mol. The Kier molecular flexibility index (Phi) is 5.02. The van der Waals surface area contributed by atoms with E-state index in [0.717, 1.165) is 23.6 Å². The molecular formula is C14H24N4O4S. The smallest absolute Gasteiger partial charge is 0.282 e. The van der Waals surface area contributed by atoms with E-state index < -0.39 is 10.2 Å². The van der Waals surface area contributed by atoms with E-state index in [1.54, 1.807) is 4.31 Å². The molecule has 9 heteroatoms. The van der Waals surface area contributed by atoms with Gasteiger partial charge in [-0.15, -0.1) is 0 Å². The van der Waals surface area contributed by atoms with Crippen LogP contribution >= 0.6 is 0 Å². The van der Waals surface area contributed by atoms with E-state index in [1.807, 2.05) is 13.8 Å². The van der Waals surface area contributed by atoms with Crippen molar-refractivity contribution in [1.82, 2.24) is 18.7 Å². The largest absolute Gasteiger partial charge is 0.379 e. The molecule has 0 saturated carbocycles. The van der Waals surface area contributed by atoms with Crippen molar-refractivity contribution in [2.45, 2.75) is 20.4 Å². The first-order valence-corrected chi connectivity index (χ1v) is 9.35. The van der Waals surface area contributed by atoms with Gasteiger partial charge in [0, 0.05) is 51.4 Å². The number of aromatic nitrogens is 1. The maximum Gasteiger partial charge on any atom is 0.282 e. The van der Waals surface area contributed by atoms with Gasteiger partial charge in [-0.3, -0.25) is 4.90 Å². The van der Waals surface area contributed by atoms with Crippen LogP contribution in [0.3, 0.4) is 0 Å². The van der Waals surface area contributed by atoms with Crippen LogP contribution in [0.25, 0.3) is 0 Å². The summed E-state index contributed by atoms with van der Waals surface area (Å²) in [7, 11) is -3.36. The van der Waals surface area contributed by atoms with Crippen LogP contribution in [0, 0.1) is 13.8 Å². The molecule has 0 bridgehead atoms. The summed E-state index contributed by atoms with van der Waals surface area (Å²) >= 11 is 0. The second-order valence-electron chi connectivity index (χ2n) is 6.00. The maximum atomic E-state index is 12.6. The molecule has 2 aliphatic rings. The molecule has 0 aliphatic carbocycles. The Labute approximate surface area is 137 Å². The third kappa shape index (κ3) is 3.58. The van der Waals surface area contributed by atoms with Crippen molar-refractivity contribution in [3.8, 4) is 0 Å². The van der Waals surface area contributed by atoms with E-state index in [-0.39, 0.29) is 0 Å². The van der Waals surface area contributed by atoms with Crippen LogP contribution in [0.15, 0.2) is 4.52 Å². The van der Waals surface area contributed by atoms with Crippen LogP contribution in [-0.2, 0) is 21.5 Å². The average Bonchev–Trinajstić information content (AvgIpc) is 2.88. The van der Waals surface area contributed by atoms with Crippen LogP contribution in [0.5, 0.6) is 0 Å². The van der Waals surface area contributed by atoms with E-state index in [9.17, 15) is 8.42 Å². The van der Waals surface area contributed by atoms with E-state index in [2.05, 4.69) is 10.1 Å². The Morgan fingerprint density at radius 3 is 2.17 bits per heavy atom. The van der Waals surface area contributed by atoms with Crippen LogP contribution in [0.2, 0.25) is 0 Å². The minimum atomic E-state index is -3.36. The van der Waals surface area contributed by atoms with Gasteiger partial charge in [0.05, 0.1) is 18.9 Å². The number of piperazine rings is 1. The molecule has 23 heavy (non-hydrogen) atoms. The van der Waals surface area contributed by atoms with Crippen LogP contribution in [0.1, 0.15) is 17.0 Å². The highest BCUT2D eigenvalue weighted by Crippen LogP contribution is 2.18. The Hall–Kier alpha value is -1.00. The van der Waals surface area contributed by atoms with Crippen molar-refractivity contribution in [3.05, 3.63) is 17.0 Å². The highest BCUT2D eigenvalue weighted by atomic mass is 32.2. The monoisotopic (exact) mass is 344 g/mol. The quantitative estimate of drug-likeness (QED) is 0.764. The van der Waals surface area contributed by atoms with Crippen molar-refractivity contribution in [2.75, 3.05) is 52.5 Å². The molecule has 0 amide bonds. The summed E-state index contributed by atoms with van der Waals surface area (Å²) < 4.78 is 38.8. The summed E-state index contributed by atoms with van der Waals surface area (Å²) in [6, 6.07) is 0. The van der Waals surface area contributed by atoms with Gasteiger partial charge in [-0.1, -0.05) is 5.16 Å². The predicted molar refractivity (Wildman–Crippen MR) is 84.1 cm³/mol. The Balaban J connectivity index is 1.58. The van der Waals surface area contributed by atoms with Crippen molar-refractivity contribution in [2.24, 2.45) is 0 Å². The van der Waals surface area contributed by atoms with Gasteiger partial charge < -0.3 is 9.26 Å². The molecule has 1 aromatic rings. The zero-order valence-corrected chi connectivity index (χ0v) is 14.5. The Bertz CT molecular complexity index is 612. The topological polar surface area (TPSA) is 79.1 Å².